The summed E-state index contributed by atoms with van der Waals surface area (Å²) in [4.78, 5) is 24.5. The van der Waals surface area contributed by atoms with Crippen molar-refractivity contribution in [2.24, 2.45) is 5.92 Å². The van der Waals surface area contributed by atoms with Crippen LogP contribution in [0.2, 0.25) is 0 Å². The second kappa shape index (κ2) is 6.00. The zero-order valence-corrected chi connectivity index (χ0v) is 10.8. The number of carbonyl (C=O) groups is 2. The lowest BCUT2D eigenvalue weighted by Gasteiger charge is -2.39. The van der Waals surface area contributed by atoms with Crippen LogP contribution in [0.5, 0.6) is 0 Å². The number of hydrogen-bond acceptors (Lipinski definition) is 3. The van der Waals surface area contributed by atoms with Gasteiger partial charge in [0.15, 0.2) is 0 Å². The van der Waals surface area contributed by atoms with E-state index in [1.54, 1.807) is 0 Å². The zero-order valence-electron chi connectivity index (χ0n) is 10.8. The average Bonchev–Trinajstić information content (AvgIpc) is 2.22. The Morgan fingerprint density at radius 1 is 1.59 bits per heavy atom. The second-order valence-corrected chi connectivity index (χ2v) is 5.13. The fraction of sp³-hybridized carbons (Fsp3) is 0.833. The van der Waals surface area contributed by atoms with Crippen LogP contribution in [0.1, 0.15) is 33.6 Å². The summed E-state index contributed by atoms with van der Waals surface area (Å²) in [6.07, 6.45) is 0.406. The van der Waals surface area contributed by atoms with Crippen LogP contribution in [0.15, 0.2) is 0 Å². The van der Waals surface area contributed by atoms with Crippen molar-refractivity contribution in [3.63, 3.8) is 0 Å². The number of carboxylic acid groups (broad SMARTS) is 1. The lowest BCUT2D eigenvalue weighted by atomic mass is 10.0. The minimum Gasteiger partial charge on any atom is -0.481 e. The van der Waals surface area contributed by atoms with E-state index in [0.29, 0.717) is 12.3 Å². The van der Waals surface area contributed by atoms with Gasteiger partial charge in [0.05, 0.1) is 6.04 Å². The summed E-state index contributed by atoms with van der Waals surface area (Å²) in [5.41, 5.74) is 0. The molecule has 0 saturated carbocycles. The van der Waals surface area contributed by atoms with Gasteiger partial charge < -0.3 is 15.3 Å². The third-order valence-electron chi connectivity index (χ3n) is 2.98. The first-order valence-electron chi connectivity index (χ1n) is 6.17. The molecular formula is C12H22N2O3. The molecule has 0 bridgehead atoms. The Labute approximate surface area is 102 Å². The van der Waals surface area contributed by atoms with Crippen LogP contribution < -0.4 is 5.32 Å². The maximum absolute atomic E-state index is 12.2. The molecule has 5 nitrogen and oxygen atoms in total. The summed E-state index contributed by atoms with van der Waals surface area (Å²) in [5.74, 6) is -0.382. The van der Waals surface area contributed by atoms with Gasteiger partial charge in [-0.3, -0.25) is 9.59 Å². The Morgan fingerprint density at radius 3 is 2.76 bits per heavy atom. The quantitative estimate of drug-likeness (QED) is 0.744. The molecule has 1 fully saturated rings. The molecular weight excluding hydrogens is 220 g/mol. The molecule has 1 heterocycles. The number of rotatable bonds is 5. The topological polar surface area (TPSA) is 69.6 Å². The van der Waals surface area contributed by atoms with Gasteiger partial charge in [-0.15, -0.1) is 0 Å². The van der Waals surface area contributed by atoms with Crippen LogP contribution in [-0.4, -0.2) is 47.1 Å². The molecule has 0 aromatic heterocycles. The molecule has 1 aliphatic heterocycles. The van der Waals surface area contributed by atoms with Gasteiger partial charge in [0.1, 0.15) is 0 Å². The van der Waals surface area contributed by atoms with Crippen molar-refractivity contribution in [1.29, 1.82) is 0 Å². The number of piperazine rings is 1. The minimum atomic E-state index is -0.853. The van der Waals surface area contributed by atoms with Gasteiger partial charge in [0, 0.05) is 25.6 Å². The van der Waals surface area contributed by atoms with Gasteiger partial charge in [-0.1, -0.05) is 13.8 Å². The first-order chi connectivity index (χ1) is 7.91. The van der Waals surface area contributed by atoms with E-state index in [2.05, 4.69) is 19.2 Å². The molecule has 0 spiro atoms. The smallest absolute Gasteiger partial charge is 0.303 e. The highest BCUT2D eigenvalue weighted by Crippen LogP contribution is 2.14. The molecule has 17 heavy (non-hydrogen) atoms. The standard InChI is InChI=1S/C12H22N2O3/c1-8(2)7-14-9(3)6-13-10(12(14)17)4-5-11(15)16/h8-10,13H,4-7H2,1-3H3,(H,15,16). The third-order valence-corrected chi connectivity index (χ3v) is 2.98. The molecule has 1 amide bonds. The minimum absolute atomic E-state index is 0.0350. The van der Waals surface area contributed by atoms with Gasteiger partial charge in [0.25, 0.3) is 0 Å². The number of amides is 1. The number of nitrogens with zero attached hydrogens (tertiary/aromatic N) is 1. The van der Waals surface area contributed by atoms with Gasteiger partial charge in [-0.05, 0) is 19.3 Å². The van der Waals surface area contributed by atoms with E-state index >= 15 is 0 Å². The van der Waals surface area contributed by atoms with E-state index in [4.69, 9.17) is 5.11 Å². The van der Waals surface area contributed by atoms with E-state index in [9.17, 15) is 9.59 Å². The Hall–Kier alpha value is -1.10. The van der Waals surface area contributed by atoms with Gasteiger partial charge >= 0.3 is 5.97 Å². The number of nitrogens with one attached hydrogen (secondary N) is 1. The summed E-state index contributed by atoms with van der Waals surface area (Å²) in [7, 11) is 0. The number of hydrogen-bond donors (Lipinski definition) is 2. The molecule has 0 radical (unpaired) electrons. The highest BCUT2D eigenvalue weighted by Gasteiger charge is 2.32. The fourth-order valence-electron chi connectivity index (χ4n) is 2.08. The zero-order chi connectivity index (χ0) is 13.0. The molecule has 0 aliphatic carbocycles. The van der Waals surface area contributed by atoms with Crippen molar-refractivity contribution in [2.45, 2.75) is 45.7 Å². The molecule has 2 unspecified atom stereocenters. The van der Waals surface area contributed by atoms with E-state index in [-0.39, 0.29) is 24.4 Å². The van der Waals surface area contributed by atoms with Crippen LogP contribution in [0.3, 0.4) is 0 Å². The van der Waals surface area contributed by atoms with Crippen molar-refractivity contribution in [3.05, 3.63) is 0 Å². The summed E-state index contributed by atoms with van der Waals surface area (Å²) < 4.78 is 0. The monoisotopic (exact) mass is 242 g/mol. The van der Waals surface area contributed by atoms with Crippen molar-refractivity contribution in [2.75, 3.05) is 13.1 Å². The van der Waals surface area contributed by atoms with Crippen LogP contribution >= 0.6 is 0 Å². The van der Waals surface area contributed by atoms with Crippen molar-refractivity contribution in [1.82, 2.24) is 10.2 Å². The lowest BCUT2D eigenvalue weighted by Crippen LogP contribution is -2.59. The molecule has 1 aliphatic rings. The number of carbonyl (C=O) groups excluding carboxylic acids is 1. The Bertz CT molecular complexity index is 291. The molecule has 0 aromatic rings. The molecule has 2 N–H and O–H groups in total. The average molecular weight is 242 g/mol. The van der Waals surface area contributed by atoms with Crippen molar-refractivity contribution < 1.29 is 14.7 Å². The molecule has 0 aromatic carbocycles. The van der Waals surface area contributed by atoms with E-state index in [0.717, 1.165) is 13.1 Å². The first kappa shape index (κ1) is 14.0. The first-order valence-corrected chi connectivity index (χ1v) is 6.17. The fourth-order valence-corrected chi connectivity index (χ4v) is 2.08. The Balaban J connectivity index is 2.58. The SMILES string of the molecule is CC(C)CN1C(=O)C(CCC(=O)O)NCC1C. The van der Waals surface area contributed by atoms with Gasteiger partial charge in [-0.25, -0.2) is 0 Å². The molecule has 5 heteroatoms. The van der Waals surface area contributed by atoms with E-state index < -0.39 is 5.97 Å². The van der Waals surface area contributed by atoms with Gasteiger partial charge in [0.2, 0.25) is 5.91 Å². The molecule has 1 saturated heterocycles. The summed E-state index contributed by atoms with van der Waals surface area (Å²) in [6, 6.07) is -0.146. The molecule has 98 valence electrons. The molecule has 1 rings (SSSR count). The van der Waals surface area contributed by atoms with Gasteiger partial charge in [-0.2, -0.15) is 0 Å². The van der Waals surface area contributed by atoms with E-state index in [1.807, 2.05) is 11.8 Å². The molecule has 2 atom stereocenters. The number of carboxylic acids is 1. The Kier molecular flexibility index (Phi) is 4.93. The third kappa shape index (κ3) is 4.00. The summed E-state index contributed by atoms with van der Waals surface area (Å²) in [5, 5.41) is 11.8. The lowest BCUT2D eigenvalue weighted by molar-refractivity contribution is -0.140. The normalized spacial score (nSPS) is 25.4. The van der Waals surface area contributed by atoms with Crippen LogP contribution in [-0.2, 0) is 9.59 Å². The number of aliphatic carboxylic acids is 1. The predicted molar refractivity (Wildman–Crippen MR) is 64.7 cm³/mol. The maximum Gasteiger partial charge on any atom is 0.303 e. The van der Waals surface area contributed by atoms with Crippen molar-refractivity contribution in [3.8, 4) is 0 Å². The highest BCUT2D eigenvalue weighted by molar-refractivity contribution is 5.83. The summed E-state index contributed by atoms with van der Waals surface area (Å²) in [6.45, 7) is 7.65. The predicted octanol–water partition coefficient (Wildman–Crippen LogP) is 0.696. The van der Waals surface area contributed by atoms with Crippen LogP contribution in [0.4, 0.5) is 0 Å². The van der Waals surface area contributed by atoms with Crippen molar-refractivity contribution >= 4 is 11.9 Å². The Morgan fingerprint density at radius 2 is 2.24 bits per heavy atom. The highest BCUT2D eigenvalue weighted by atomic mass is 16.4. The maximum atomic E-state index is 12.2. The van der Waals surface area contributed by atoms with E-state index in [1.165, 1.54) is 0 Å². The van der Waals surface area contributed by atoms with Crippen LogP contribution in [0.25, 0.3) is 0 Å². The second-order valence-electron chi connectivity index (χ2n) is 5.13. The summed E-state index contributed by atoms with van der Waals surface area (Å²) >= 11 is 0. The largest absolute Gasteiger partial charge is 0.481 e. The van der Waals surface area contributed by atoms with Crippen LogP contribution in [0, 0.1) is 5.92 Å².